The molecule has 0 fully saturated rings. The highest BCUT2D eigenvalue weighted by Crippen LogP contribution is 2.29. The Labute approximate surface area is 164 Å². The molecular formula is C22H15NO6. The summed E-state index contributed by atoms with van der Waals surface area (Å²) in [5.74, 6) is -0.831. The number of ether oxygens (including phenoxy) is 1. The smallest absolute Gasteiger partial charge is 0.345 e. The summed E-state index contributed by atoms with van der Waals surface area (Å²) in [5.41, 5.74) is 0.217. The molecule has 0 saturated heterocycles. The number of carbonyl (C=O) groups excluding carboxylic acids is 1. The molecule has 7 nitrogen and oxygen atoms in total. The fourth-order valence-electron chi connectivity index (χ4n) is 3.42. The zero-order chi connectivity index (χ0) is 20.5. The van der Waals surface area contributed by atoms with Crippen LogP contribution < -0.4 is 5.63 Å². The second-order valence-electron chi connectivity index (χ2n) is 6.55. The summed E-state index contributed by atoms with van der Waals surface area (Å²) < 4.78 is 10.6. The van der Waals surface area contributed by atoms with Gasteiger partial charge in [-0.05, 0) is 29.8 Å². The van der Waals surface area contributed by atoms with Crippen LogP contribution in [-0.2, 0) is 11.3 Å². The molecule has 0 N–H and O–H groups in total. The van der Waals surface area contributed by atoms with Crippen LogP contribution >= 0.6 is 0 Å². The maximum atomic E-state index is 12.6. The Morgan fingerprint density at radius 3 is 2.69 bits per heavy atom. The van der Waals surface area contributed by atoms with Crippen LogP contribution in [0.3, 0.4) is 0 Å². The third-order valence-electron chi connectivity index (χ3n) is 4.71. The van der Waals surface area contributed by atoms with Gasteiger partial charge in [0.1, 0.15) is 17.8 Å². The van der Waals surface area contributed by atoms with Gasteiger partial charge in [0.15, 0.2) is 0 Å². The first-order valence-corrected chi connectivity index (χ1v) is 8.81. The van der Waals surface area contributed by atoms with Crippen LogP contribution in [0.1, 0.15) is 21.5 Å². The van der Waals surface area contributed by atoms with Crippen molar-refractivity contribution in [3.8, 4) is 0 Å². The molecule has 0 aliphatic heterocycles. The number of esters is 1. The van der Waals surface area contributed by atoms with Gasteiger partial charge in [0.2, 0.25) is 0 Å². The molecule has 144 valence electrons. The molecule has 0 amide bonds. The van der Waals surface area contributed by atoms with E-state index >= 15 is 0 Å². The van der Waals surface area contributed by atoms with E-state index < -0.39 is 16.5 Å². The van der Waals surface area contributed by atoms with Crippen LogP contribution in [0.25, 0.3) is 21.7 Å². The third kappa shape index (κ3) is 3.34. The molecule has 0 spiro atoms. The number of nitrogens with zero attached hydrogens (tertiary/aromatic N) is 1. The minimum atomic E-state index is -0.831. The van der Waals surface area contributed by atoms with Crippen molar-refractivity contribution in [3.05, 3.63) is 97.9 Å². The van der Waals surface area contributed by atoms with Crippen LogP contribution in [0.4, 0.5) is 5.69 Å². The summed E-state index contributed by atoms with van der Waals surface area (Å²) >= 11 is 0. The third-order valence-corrected chi connectivity index (χ3v) is 4.71. The van der Waals surface area contributed by atoms with E-state index in [9.17, 15) is 19.7 Å². The Morgan fingerprint density at radius 2 is 1.90 bits per heavy atom. The normalized spacial score (nSPS) is 10.9. The number of nitro groups is 1. The van der Waals surface area contributed by atoms with Crippen molar-refractivity contribution in [3.63, 3.8) is 0 Å². The van der Waals surface area contributed by atoms with Gasteiger partial charge in [-0.2, -0.15) is 0 Å². The molecule has 1 heterocycles. The number of benzene rings is 3. The van der Waals surface area contributed by atoms with Gasteiger partial charge in [0.05, 0.1) is 4.92 Å². The van der Waals surface area contributed by atoms with E-state index in [-0.39, 0.29) is 17.9 Å². The first-order valence-electron chi connectivity index (χ1n) is 8.81. The van der Waals surface area contributed by atoms with E-state index in [0.29, 0.717) is 22.1 Å². The number of nitro benzene ring substituents is 1. The number of rotatable bonds is 4. The Morgan fingerprint density at radius 1 is 1.10 bits per heavy atom. The van der Waals surface area contributed by atoms with Gasteiger partial charge in [-0.15, -0.1) is 0 Å². The van der Waals surface area contributed by atoms with Crippen molar-refractivity contribution >= 4 is 33.4 Å². The molecule has 0 saturated carbocycles. The molecule has 0 aliphatic rings. The molecule has 0 bridgehead atoms. The number of carbonyl (C=O) groups is 1. The van der Waals surface area contributed by atoms with E-state index in [1.165, 1.54) is 12.1 Å². The van der Waals surface area contributed by atoms with Crippen molar-refractivity contribution in [2.75, 3.05) is 0 Å². The largest absolute Gasteiger partial charge is 0.457 e. The molecular weight excluding hydrogens is 374 g/mol. The lowest BCUT2D eigenvalue weighted by molar-refractivity contribution is -0.385. The molecule has 0 aliphatic carbocycles. The molecule has 4 rings (SSSR count). The van der Waals surface area contributed by atoms with Gasteiger partial charge in [0, 0.05) is 22.6 Å². The maximum Gasteiger partial charge on any atom is 0.345 e. The predicted molar refractivity (Wildman–Crippen MR) is 107 cm³/mol. The monoisotopic (exact) mass is 389 g/mol. The van der Waals surface area contributed by atoms with Gasteiger partial charge >= 0.3 is 11.6 Å². The number of hydrogen-bond acceptors (Lipinski definition) is 6. The minimum absolute atomic E-state index is 0.132. The molecule has 0 unspecified atom stereocenters. The Balaban J connectivity index is 1.75. The number of fused-ring (bicyclic) bond motifs is 3. The topological polar surface area (TPSA) is 99.7 Å². The second-order valence-corrected chi connectivity index (χ2v) is 6.55. The molecule has 1 aromatic heterocycles. The number of aryl methyl sites for hydroxylation is 1. The summed E-state index contributed by atoms with van der Waals surface area (Å²) in [6.45, 7) is 1.33. The van der Waals surface area contributed by atoms with Crippen LogP contribution in [0.15, 0.2) is 69.9 Å². The van der Waals surface area contributed by atoms with Crippen LogP contribution in [0, 0.1) is 17.0 Å². The van der Waals surface area contributed by atoms with Crippen LogP contribution in [-0.4, -0.2) is 10.9 Å². The quantitative estimate of drug-likeness (QED) is 0.167. The molecule has 4 aromatic rings. The maximum absolute atomic E-state index is 12.6. The average molecular weight is 389 g/mol. The van der Waals surface area contributed by atoms with Crippen LogP contribution in [0.2, 0.25) is 0 Å². The zero-order valence-corrected chi connectivity index (χ0v) is 15.4. The number of hydrogen-bond donors (Lipinski definition) is 0. The number of para-hydroxylation sites is 1. The molecule has 0 atom stereocenters. The standard InChI is InChI=1S/C22H15NO6/c1-13-5-4-8-17(21(13)23(26)27)22(25)28-12-15-11-19(24)29-18-10-9-14-6-2-3-7-16(14)20(15)18/h2-11H,12H2,1H3. The second kappa shape index (κ2) is 7.20. The lowest BCUT2D eigenvalue weighted by Gasteiger charge is -2.10. The van der Waals surface area contributed by atoms with Gasteiger partial charge < -0.3 is 9.15 Å². The predicted octanol–water partition coefficient (Wildman–Crippen LogP) is 4.52. The van der Waals surface area contributed by atoms with E-state index in [4.69, 9.17) is 9.15 Å². The van der Waals surface area contributed by atoms with Gasteiger partial charge in [0.25, 0.3) is 5.69 Å². The van der Waals surface area contributed by atoms with Gasteiger partial charge in [-0.25, -0.2) is 9.59 Å². The first kappa shape index (κ1) is 18.4. The van der Waals surface area contributed by atoms with Gasteiger partial charge in [-0.3, -0.25) is 10.1 Å². The average Bonchev–Trinajstić information content (AvgIpc) is 2.70. The van der Waals surface area contributed by atoms with Crippen molar-refractivity contribution in [2.24, 2.45) is 0 Å². The SMILES string of the molecule is Cc1cccc(C(=O)OCc2cc(=O)oc3ccc4ccccc4c23)c1[N+](=O)[O-]. The first-order chi connectivity index (χ1) is 14.0. The highest BCUT2D eigenvalue weighted by Gasteiger charge is 2.24. The zero-order valence-electron chi connectivity index (χ0n) is 15.4. The summed E-state index contributed by atoms with van der Waals surface area (Å²) in [5, 5.41) is 13.8. The van der Waals surface area contributed by atoms with E-state index in [1.807, 2.05) is 30.3 Å². The lowest BCUT2D eigenvalue weighted by atomic mass is 10.0. The highest BCUT2D eigenvalue weighted by atomic mass is 16.6. The van der Waals surface area contributed by atoms with E-state index in [0.717, 1.165) is 10.8 Å². The fraction of sp³-hybridized carbons (Fsp3) is 0.0909. The fourth-order valence-corrected chi connectivity index (χ4v) is 3.42. The summed E-state index contributed by atoms with van der Waals surface area (Å²) in [4.78, 5) is 35.2. The van der Waals surface area contributed by atoms with Gasteiger partial charge in [-0.1, -0.05) is 42.5 Å². The van der Waals surface area contributed by atoms with E-state index in [1.54, 1.807) is 25.1 Å². The molecule has 29 heavy (non-hydrogen) atoms. The lowest BCUT2D eigenvalue weighted by Crippen LogP contribution is -2.10. The Hall–Kier alpha value is -4.00. The molecule has 7 heteroatoms. The van der Waals surface area contributed by atoms with E-state index in [2.05, 4.69) is 0 Å². The van der Waals surface area contributed by atoms with Crippen molar-refractivity contribution < 1.29 is 18.9 Å². The molecule has 3 aromatic carbocycles. The Bertz CT molecular complexity index is 1340. The molecule has 0 radical (unpaired) electrons. The van der Waals surface area contributed by atoms with Crippen molar-refractivity contribution in [2.45, 2.75) is 13.5 Å². The summed E-state index contributed by atoms with van der Waals surface area (Å²) in [6.07, 6.45) is 0. The van der Waals surface area contributed by atoms with Crippen molar-refractivity contribution in [1.29, 1.82) is 0 Å². The highest BCUT2D eigenvalue weighted by molar-refractivity contribution is 6.07. The van der Waals surface area contributed by atoms with Crippen molar-refractivity contribution in [1.82, 2.24) is 0 Å². The summed E-state index contributed by atoms with van der Waals surface area (Å²) in [6, 6.07) is 16.8. The minimum Gasteiger partial charge on any atom is -0.457 e. The van der Waals surface area contributed by atoms with Crippen LogP contribution in [0.5, 0.6) is 0 Å². The summed E-state index contributed by atoms with van der Waals surface area (Å²) in [7, 11) is 0. The Kier molecular flexibility index (Phi) is 4.56.